The van der Waals surface area contributed by atoms with Crippen LogP contribution >= 0.6 is 0 Å². The number of hydrogen-bond acceptors (Lipinski definition) is 5. The summed E-state index contributed by atoms with van der Waals surface area (Å²) >= 11 is 0. The molecule has 0 atom stereocenters. The fourth-order valence-corrected chi connectivity index (χ4v) is 3.03. The Hall–Kier alpha value is -2.62. The van der Waals surface area contributed by atoms with Gasteiger partial charge in [-0.2, -0.15) is 27.8 Å². The Morgan fingerprint density at radius 3 is 2.52 bits per heavy atom. The van der Waals surface area contributed by atoms with Gasteiger partial charge in [-0.1, -0.05) is 6.07 Å². The van der Waals surface area contributed by atoms with Crippen molar-refractivity contribution in [2.45, 2.75) is 4.90 Å². The maximum Gasteiger partial charge on any atom is 0.341 e. The van der Waals surface area contributed by atoms with E-state index < -0.39 is 33.3 Å². The van der Waals surface area contributed by atoms with Crippen molar-refractivity contribution < 1.29 is 25.8 Å². The van der Waals surface area contributed by atoms with Crippen molar-refractivity contribution in [3.63, 3.8) is 0 Å². The first-order chi connectivity index (χ1) is 10.8. The highest BCUT2D eigenvalue weighted by Crippen LogP contribution is 2.27. The number of nitrogens with zero attached hydrogens (tertiary/aromatic N) is 3. The quantitative estimate of drug-likeness (QED) is 0.538. The summed E-state index contributed by atoms with van der Waals surface area (Å²) in [5.74, 6) is -5.97. The van der Waals surface area contributed by atoms with E-state index >= 15 is 0 Å². The summed E-state index contributed by atoms with van der Waals surface area (Å²) in [6, 6.07) is 5.35. The molecule has 2 aromatic carbocycles. The average Bonchev–Trinajstić information content (AvgIpc) is 2.87. The van der Waals surface area contributed by atoms with Crippen LogP contribution < -0.4 is 4.18 Å². The maximum atomic E-state index is 13.6. The number of hydrogen-bond donors (Lipinski definition) is 0. The number of fused-ring (bicyclic) bond motifs is 1. The predicted octanol–water partition coefficient (Wildman–Crippen LogP) is 2.15. The lowest BCUT2D eigenvalue weighted by atomic mass is 10.3. The summed E-state index contributed by atoms with van der Waals surface area (Å²) in [4.78, 5) is 0.786. The van der Waals surface area contributed by atoms with Gasteiger partial charge in [0.25, 0.3) is 0 Å². The SMILES string of the molecule is Cn1nc2cccc(S(=O)(=O)Oc3ccc(F)c(F)c3F)c2n1. The molecule has 0 spiro atoms. The number of halogens is 3. The van der Waals surface area contributed by atoms with Gasteiger partial charge in [-0.25, -0.2) is 8.78 Å². The van der Waals surface area contributed by atoms with Crippen LogP contribution in [0.3, 0.4) is 0 Å². The molecule has 10 heteroatoms. The number of rotatable bonds is 3. The summed E-state index contributed by atoms with van der Waals surface area (Å²) in [5, 5.41) is 7.83. The van der Waals surface area contributed by atoms with Crippen LogP contribution in [0.25, 0.3) is 11.0 Å². The highest BCUT2D eigenvalue weighted by atomic mass is 32.2. The minimum atomic E-state index is -4.52. The molecule has 3 aromatic rings. The third kappa shape index (κ3) is 2.61. The molecule has 0 N–H and O–H groups in total. The molecule has 0 aliphatic heterocycles. The normalized spacial score (nSPS) is 11.8. The van der Waals surface area contributed by atoms with Crippen molar-refractivity contribution in [2.75, 3.05) is 0 Å². The van der Waals surface area contributed by atoms with Crippen molar-refractivity contribution in [1.29, 1.82) is 0 Å². The van der Waals surface area contributed by atoms with Crippen LogP contribution in [0.4, 0.5) is 13.2 Å². The van der Waals surface area contributed by atoms with Crippen LogP contribution in [0.2, 0.25) is 0 Å². The van der Waals surface area contributed by atoms with E-state index in [-0.39, 0.29) is 15.9 Å². The summed E-state index contributed by atoms with van der Waals surface area (Å²) in [5.41, 5.74) is 0.293. The smallest absolute Gasteiger partial charge is 0.341 e. The van der Waals surface area contributed by atoms with Gasteiger partial charge in [0.15, 0.2) is 17.4 Å². The van der Waals surface area contributed by atoms with Gasteiger partial charge < -0.3 is 4.18 Å². The van der Waals surface area contributed by atoms with Gasteiger partial charge in [-0.15, -0.1) is 0 Å². The molecule has 6 nitrogen and oxygen atoms in total. The van der Waals surface area contributed by atoms with Gasteiger partial charge in [0, 0.05) is 7.05 Å². The number of aromatic nitrogens is 3. The van der Waals surface area contributed by atoms with E-state index in [9.17, 15) is 21.6 Å². The fraction of sp³-hybridized carbons (Fsp3) is 0.0769. The molecule has 0 radical (unpaired) electrons. The topological polar surface area (TPSA) is 74.1 Å². The van der Waals surface area contributed by atoms with E-state index in [1.807, 2.05) is 0 Å². The third-order valence-corrected chi connectivity index (χ3v) is 4.21. The van der Waals surface area contributed by atoms with E-state index in [0.29, 0.717) is 12.1 Å². The van der Waals surface area contributed by atoms with Crippen molar-refractivity contribution in [3.05, 3.63) is 47.8 Å². The van der Waals surface area contributed by atoms with Crippen molar-refractivity contribution >= 4 is 21.2 Å². The molecule has 1 aromatic heterocycles. The third-order valence-electron chi connectivity index (χ3n) is 2.94. The Morgan fingerprint density at radius 1 is 1.04 bits per heavy atom. The molecule has 120 valence electrons. The van der Waals surface area contributed by atoms with E-state index in [4.69, 9.17) is 0 Å². The molecule has 0 saturated heterocycles. The van der Waals surface area contributed by atoms with Crippen LogP contribution in [0, 0.1) is 17.5 Å². The van der Waals surface area contributed by atoms with Gasteiger partial charge in [0.2, 0.25) is 5.82 Å². The predicted molar refractivity (Wildman–Crippen MR) is 72.6 cm³/mol. The highest BCUT2D eigenvalue weighted by Gasteiger charge is 2.25. The average molecular weight is 343 g/mol. The van der Waals surface area contributed by atoms with Crippen LogP contribution in [0.5, 0.6) is 5.75 Å². The second-order valence-corrected chi connectivity index (χ2v) is 6.04. The van der Waals surface area contributed by atoms with Crippen molar-refractivity contribution in [2.24, 2.45) is 7.05 Å². The Bertz CT molecular complexity index is 1020. The molecular formula is C13H8F3N3O3S. The first kappa shape index (κ1) is 15.3. The van der Waals surface area contributed by atoms with Gasteiger partial charge >= 0.3 is 10.1 Å². The molecule has 0 unspecified atom stereocenters. The number of benzene rings is 2. The minimum Gasteiger partial charge on any atom is -0.376 e. The molecule has 0 fully saturated rings. The van der Waals surface area contributed by atoms with Crippen molar-refractivity contribution in [1.82, 2.24) is 15.0 Å². The molecule has 0 saturated carbocycles. The monoisotopic (exact) mass is 343 g/mol. The van der Waals surface area contributed by atoms with Gasteiger partial charge in [-0.05, 0) is 24.3 Å². The molecule has 23 heavy (non-hydrogen) atoms. The molecule has 3 rings (SSSR count). The van der Waals surface area contributed by atoms with E-state index in [0.717, 1.165) is 4.80 Å². The largest absolute Gasteiger partial charge is 0.376 e. The van der Waals surface area contributed by atoms with Crippen LogP contribution in [0.15, 0.2) is 35.2 Å². The standard InChI is InChI=1S/C13H8F3N3O3S/c1-19-17-8-3-2-4-10(13(8)18-19)23(20,21)22-9-6-5-7(14)11(15)12(9)16/h2-6H,1H3. The zero-order chi connectivity index (χ0) is 16.8. The Balaban J connectivity index is 2.10. The second kappa shape index (κ2) is 5.23. The van der Waals surface area contributed by atoms with E-state index in [1.54, 1.807) is 0 Å². The molecular weight excluding hydrogens is 335 g/mol. The molecule has 0 bridgehead atoms. The Labute approximate surface area is 128 Å². The minimum absolute atomic E-state index is 0.0120. The molecule has 1 heterocycles. The fourth-order valence-electron chi connectivity index (χ4n) is 1.95. The zero-order valence-electron chi connectivity index (χ0n) is 11.5. The summed E-state index contributed by atoms with van der Waals surface area (Å²) in [6.07, 6.45) is 0. The summed E-state index contributed by atoms with van der Waals surface area (Å²) in [6.45, 7) is 0. The first-order valence-electron chi connectivity index (χ1n) is 6.17. The second-order valence-electron chi connectivity index (χ2n) is 4.52. The highest BCUT2D eigenvalue weighted by molar-refractivity contribution is 7.87. The first-order valence-corrected chi connectivity index (χ1v) is 7.58. The van der Waals surface area contributed by atoms with E-state index in [2.05, 4.69) is 14.4 Å². The van der Waals surface area contributed by atoms with Crippen LogP contribution in [0.1, 0.15) is 0 Å². The van der Waals surface area contributed by atoms with Crippen molar-refractivity contribution in [3.8, 4) is 5.75 Å². The molecule has 0 aliphatic carbocycles. The lowest BCUT2D eigenvalue weighted by Gasteiger charge is -2.08. The number of aryl methyl sites for hydroxylation is 1. The lowest BCUT2D eigenvalue weighted by Crippen LogP contribution is -2.12. The summed E-state index contributed by atoms with van der Waals surface area (Å²) in [7, 11) is -3.03. The van der Waals surface area contributed by atoms with Crippen LogP contribution in [-0.2, 0) is 17.2 Å². The Morgan fingerprint density at radius 2 is 1.78 bits per heavy atom. The van der Waals surface area contributed by atoms with E-state index in [1.165, 1.54) is 25.2 Å². The Kier molecular flexibility index (Phi) is 3.48. The van der Waals surface area contributed by atoms with Gasteiger partial charge in [0.05, 0.1) is 0 Å². The zero-order valence-corrected chi connectivity index (χ0v) is 12.3. The van der Waals surface area contributed by atoms with Gasteiger partial charge in [-0.3, -0.25) is 0 Å². The maximum absolute atomic E-state index is 13.6. The van der Waals surface area contributed by atoms with Crippen LogP contribution in [-0.4, -0.2) is 23.4 Å². The summed E-state index contributed by atoms with van der Waals surface area (Å²) < 4.78 is 68.8. The van der Waals surface area contributed by atoms with Gasteiger partial charge in [0.1, 0.15) is 15.9 Å². The molecule has 0 aliphatic rings. The molecule has 0 amide bonds. The lowest BCUT2D eigenvalue weighted by molar-refractivity contribution is 0.411.